The fraction of sp³-hybridized carbons (Fsp3) is 0. The predicted octanol–water partition coefficient (Wildman–Crippen LogP) is 10.5. The van der Waals surface area contributed by atoms with Crippen LogP contribution in [0.3, 0.4) is 0 Å². The third-order valence-corrected chi connectivity index (χ3v) is 9.51. The van der Waals surface area contributed by atoms with Crippen LogP contribution in [0.1, 0.15) is 0 Å². The Hall–Kier alpha value is -6.92. The molecule has 0 atom stereocenters. The van der Waals surface area contributed by atoms with Crippen molar-refractivity contribution >= 4 is 54.0 Å². The fourth-order valence-corrected chi connectivity index (χ4v) is 7.13. The van der Waals surface area contributed by atoms with Gasteiger partial charge in [0.05, 0.1) is 16.9 Å². The Balaban J connectivity index is 1.08. The molecule has 0 saturated heterocycles. The molecule has 0 unspecified atom stereocenters. The first-order chi connectivity index (χ1) is 24.8. The zero-order valence-electron chi connectivity index (χ0n) is 26.7. The van der Waals surface area contributed by atoms with Crippen LogP contribution in [0.15, 0.2) is 158 Å². The molecule has 0 N–H and O–H groups in total. The van der Waals surface area contributed by atoms with Gasteiger partial charge in [0.1, 0.15) is 0 Å². The molecule has 0 spiro atoms. The number of aromatic nitrogens is 6. The highest BCUT2D eigenvalue weighted by Crippen LogP contribution is 2.39. The molecular formula is C44H26N6. The van der Waals surface area contributed by atoms with E-state index in [-0.39, 0.29) is 0 Å². The third kappa shape index (κ3) is 4.65. The lowest BCUT2D eigenvalue weighted by atomic mass is 9.92. The molecule has 0 aliphatic rings. The normalized spacial score (nSPS) is 11.6. The molecule has 0 bridgehead atoms. The van der Waals surface area contributed by atoms with Crippen LogP contribution in [-0.2, 0) is 0 Å². The van der Waals surface area contributed by atoms with E-state index < -0.39 is 0 Å². The lowest BCUT2D eigenvalue weighted by molar-refractivity contribution is 1.18. The second kappa shape index (κ2) is 11.4. The Morgan fingerprint density at radius 2 is 1.16 bits per heavy atom. The SMILES string of the molecule is c1cc(-c2ccnc(-c3ccc4c(ccc5cc(-c6nccc(-c7ccc8cnccc8c7)n6)c6ccccc6c54)c3)n2)c2cccnc2c1. The summed E-state index contributed by atoms with van der Waals surface area (Å²) in [6.07, 6.45) is 9.20. The molecule has 0 saturated carbocycles. The van der Waals surface area contributed by atoms with E-state index in [4.69, 9.17) is 15.0 Å². The molecule has 232 valence electrons. The largest absolute Gasteiger partial charge is 0.264 e. The summed E-state index contributed by atoms with van der Waals surface area (Å²) in [6, 6.07) is 44.1. The molecule has 0 aliphatic carbocycles. The maximum atomic E-state index is 5.09. The molecule has 6 aromatic carbocycles. The quantitative estimate of drug-likeness (QED) is 0.179. The van der Waals surface area contributed by atoms with Crippen molar-refractivity contribution in [2.24, 2.45) is 0 Å². The van der Waals surface area contributed by atoms with Gasteiger partial charge in [0, 0.05) is 64.0 Å². The van der Waals surface area contributed by atoms with E-state index in [0.29, 0.717) is 11.6 Å². The van der Waals surface area contributed by atoms with Gasteiger partial charge in [-0.3, -0.25) is 9.97 Å². The van der Waals surface area contributed by atoms with Gasteiger partial charge in [-0.05, 0) is 86.2 Å². The smallest absolute Gasteiger partial charge is 0.160 e. The first kappa shape index (κ1) is 28.1. The first-order valence-electron chi connectivity index (χ1n) is 16.5. The molecule has 0 aliphatic heterocycles. The molecule has 4 heterocycles. The maximum Gasteiger partial charge on any atom is 0.160 e. The number of nitrogens with zero attached hydrogens (tertiary/aromatic N) is 6. The Morgan fingerprint density at radius 1 is 0.380 bits per heavy atom. The van der Waals surface area contributed by atoms with Gasteiger partial charge >= 0.3 is 0 Å². The third-order valence-electron chi connectivity index (χ3n) is 9.51. The van der Waals surface area contributed by atoms with Crippen LogP contribution in [0.5, 0.6) is 0 Å². The van der Waals surface area contributed by atoms with Crippen LogP contribution in [0.2, 0.25) is 0 Å². The second-order valence-corrected chi connectivity index (χ2v) is 12.4. The highest BCUT2D eigenvalue weighted by Gasteiger charge is 2.15. The van der Waals surface area contributed by atoms with E-state index in [9.17, 15) is 0 Å². The van der Waals surface area contributed by atoms with E-state index in [2.05, 4.69) is 106 Å². The number of pyridine rings is 2. The second-order valence-electron chi connectivity index (χ2n) is 12.4. The highest BCUT2D eigenvalue weighted by molar-refractivity contribution is 6.23. The topological polar surface area (TPSA) is 77.3 Å². The molecule has 50 heavy (non-hydrogen) atoms. The van der Waals surface area contributed by atoms with Crippen molar-refractivity contribution in [2.75, 3.05) is 0 Å². The number of hydrogen-bond donors (Lipinski definition) is 0. The van der Waals surface area contributed by atoms with E-state index in [1.54, 1.807) is 0 Å². The summed E-state index contributed by atoms with van der Waals surface area (Å²) >= 11 is 0. The molecule has 0 radical (unpaired) electrons. The van der Waals surface area contributed by atoms with Crippen molar-refractivity contribution in [3.05, 3.63) is 158 Å². The summed E-state index contributed by atoms with van der Waals surface area (Å²) < 4.78 is 0. The molecule has 0 amide bonds. The summed E-state index contributed by atoms with van der Waals surface area (Å²) in [5, 5.41) is 10.2. The van der Waals surface area contributed by atoms with Crippen molar-refractivity contribution in [1.82, 2.24) is 29.9 Å². The van der Waals surface area contributed by atoms with Gasteiger partial charge in [0.2, 0.25) is 0 Å². The van der Waals surface area contributed by atoms with Crippen molar-refractivity contribution < 1.29 is 0 Å². The average molecular weight is 639 g/mol. The molecular weight excluding hydrogens is 613 g/mol. The molecule has 6 nitrogen and oxygen atoms in total. The minimum atomic E-state index is 0.686. The van der Waals surface area contributed by atoms with Gasteiger partial charge in [-0.15, -0.1) is 0 Å². The predicted molar refractivity (Wildman–Crippen MR) is 202 cm³/mol. The van der Waals surface area contributed by atoms with Gasteiger partial charge in [0.25, 0.3) is 0 Å². The lowest BCUT2D eigenvalue weighted by Crippen LogP contribution is -1.94. The van der Waals surface area contributed by atoms with Crippen molar-refractivity contribution in [3.63, 3.8) is 0 Å². The summed E-state index contributed by atoms with van der Waals surface area (Å²) in [5.41, 5.74) is 6.75. The van der Waals surface area contributed by atoms with Crippen LogP contribution in [-0.4, -0.2) is 29.9 Å². The first-order valence-corrected chi connectivity index (χ1v) is 16.5. The van der Waals surface area contributed by atoms with E-state index in [1.807, 2.05) is 67.4 Å². The van der Waals surface area contributed by atoms with Crippen molar-refractivity contribution in [2.45, 2.75) is 0 Å². The van der Waals surface area contributed by atoms with Crippen LogP contribution in [0.25, 0.3) is 99.3 Å². The summed E-state index contributed by atoms with van der Waals surface area (Å²) in [4.78, 5) is 28.3. The van der Waals surface area contributed by atoms with Gasteiger partial charge in [-0.1, -0.05) is 78.9 Å². The Morgan fingerprint density at radius 3 is 2.12 bits per heavy atom. The minimum Gasteiger partial charge on any atom is -0.264 e. The zero-order chi connectivity index (χ0) is 33.0. The Bertz CT molecular complexity index is 2950. The summed E-state index contributed by atoms with van der Waals surface area (Å²) in [5.74, 6) is 1.38. The number of fused-ring (bicyclic) bond motifs is 7. The fourth-order valence-electron chi connectivity index (χ4n) is 7.13. The van der Waals surface area contributed by atoms with E-state index in [1.165, 1.54) is 10.8 Å². The molecule has 6 heteroatoms. The number of hydrogen-bond acceptors (Lipinski definition) is 6. The van der Waals surface area contributed by atoms with Crippen molar-refractivity contribution in [3.8, 4) is 45.3 Å². The van der Waals surface area contributed by atoms with Gasteiger partial charge in [0.15, 0.2) is 11.6 Å². The van der Waals surface area contributed by atoms with E-state index >= 15 is 0 Å². The molecule has 10 rings (SSSR count). The standard InChI is InChI=1S/C44H26N6/c1-2-6-37-34(5-1)38(44-48-21-17-39(49-44)29-11-13-32-26-45-20-16-27(32)23-29)25-30-12-10-28-24-31(14-15-33(28)42(30)37)43-47-22-18-41(50-43)36-7-3-9-40-35(36)8-4-19-46-40/h1-26H. The monoisotopic (exact) mass is 638 g/mol. The molecule has 4 aromatic heterocycles. The number of benzene rings is 6. The number of rotatable bonds is 4. The summed E-state index contributed by atoms with van der Waals surface area (Å²) in [6.45, 7) is 0. The molecule has 10 aromatic rings. The van der Waals surface area contributed by atoms with Gasteiger partial charge in [-0.25, -0.2) is 19.9 Å². The maximum absolute atomic E-state index is 5.09. The van der Waals surface area contributed by atoms with Crippen LogP contribution in [0, 0.1) is 0 Å². The van der Waals surface area contributed by atoms with Gasteiger partial charge in [-0.2, -0.15) is 0 Å². The van der Waals surface area contributed by atoms with Crippen LogP contribution in [0.4, 0.5) is 0 Å². The van der Waals surface area contributed by atoms with Crippen LogP contribution < -0.4 is 0 Å². The van der Waals surface area contributed by atoms with E-state index in [0.717, 1.165) is 76.9 Å². The summed E-state index contributed by atoms with van der Waals surface area (Å²) in [7, 11) is 0. The average Bonchev–Trinajstić information content (AvgIpc) is 3.19. The van der Waals surface area contributed by atoms with Crippen molar-refractivity contribution in [1.29, 1.82) is 0 Å². The minimum absolute atomic E-state index is 0.686. The highest BCUT2D eigenvalue weighted by atomic mass is 14.9. The zero-order valence-corrected chi connectivity index (χ0v) is 26.7. The lowest BCUT2D eigenvalue weighted by Gasteiger charge is -2.13. The Kier molecular flexibility index (Phi) is 6.39. The van der Waals surface area contributed by atoms with Gasteiger partial charge < -0.3 is 0 Å². The Labute approximate surface area is 286 Å². The van der Waals surface area contributed by atoms with Crippen LogP contribution >= 0.6 is 0 Å². The molecule has 0 fully saturated rings.